The Hall–Kier alpha value is -3.27. The quantitative estimate of drug-likeness (QED) is 0.267. The van der Waals surface area contributed by atoms with Gasteiger partial charge in [0.2, 0.25) is 0 Å². The first kappa shape index (κ1) is 30.0. The van der Waals surface area contributed by atoms with Gasteiger partial charge in [-0.2, -0.15) is 0 Å². The van der Waals surface area contributed by atoms with Gasteiger partial charge < -0.3 is 34.0 Å². The van der Waals surface area contributed by atoms with Crippen LogP contribution in [0.15, 0.2) is 36.4 Å². The number of rotatable bonds is 16. The van der Waals surface area contributed by atoms with Crippen molar-refractivity contribution in [3.05, 3.63) is 53.4 Å². The van der Waals surface area contributed by atoms with Crippen LogP contribution in [0.1, 0.15) is 43.7 Å². The third-order valence-corrected chi connectivity index (χ3v) is 5.46. The van der Waals surface area contributed by atoms with Gasteiger partial charge in [0, 0.05) is 31.5 Å². The molecule has 0 aromatic heterocycles. The molecule has 9 heteroatoms. The van der Waals surface area contributed by atoms with Gasteiger partial charge in [-0.15, -0.1) is 0 Å². The zero-order valence-corrected chi connectivity index (χ0v) is 21.6. The van der Waals surface area contributed by atoms with Gasteiger partial charge in [0.1, 0.15) is 18.2 Å². The Labute approximate surface area is 216 Å². The Morgan fingerprint density at radius 1 is 1.08 bits per heavy atom. The molecule has 1 N–H and O–H groups in total. The maximum absolute atomic E-state index is 13.8. The normalized spacial score (nSPS) is 12.2. The van der Waals surface area contributed by atoms with Crippen LogP contribution in [0.25, 0.3) is 17.2 Å². The highest BCUT2D eigenvalue weighted by atomic mass is 19.1. The highest BCUT2D eigenvalue weighted by Gasteiger charge is 2.22. The van der Waals surface area contributed by atoms with Gasteiger partial charge in [0.15, 0.2) is 11.5 Å². The number of hydrogen-bond acceptors (Lipinski definition) is 8. The number of hydrogen-bond donors (Lipinski definition) is 1. The lowest BCUT2D eigenvalue weighted by molar-refractivity contribution is -0.304. The van der Waals surface area contributed by atoms with E-state index in [1.807, 2.05) is 19.9 Å². The Morgan fingerprint density at radius 2 is 1.76 bits per heavy atom. The molecule has 0 radical (unpaired) electrons. The predicted octanol–water partition coefficient (Wildman–Crippen LogP) is 3.14. The van der Waals surface area contributed by atoms with Crippen molar-refractivity contribution in [3.8, 4) is 22.6 Å². The summed E-state index contributed by atoms with van der Waals surface area (Å²) in [5.41, 5.74) is 2.82. The molecule has 0 aliphatic heterocycles. The van der Waals surface area contributed by atoms with Gasteiger partial charge in [0.05, 0.1) is 33.0 Å². The minimum atomic E-state index is -1.50. The minimum Gasteiger partial charge on any atom is -0.550 e. The van der Waals surface area contributed by atoms with E-state index in [-0.39, 0.29) is 18.9 Å². The molecule has 1 atom stereocenters. The van der Waals surface area contributed by atoms with Crippen LogP contribution in [0.2, 0.25) is 0 Å². The van der Waals surface area contributed by atoms with Gasteiger partial charge in [-0.1, -0.05) is 38.1 Å². The SMILES string of the molecule is COCCOCCOc1c(OC)cc(C(C)C)c(/C=C/C(O)CC(=O)CC(=O)[O-])c1-c1ccc(F)cc1. The molecule has 1 unspecified atom stereocenters. The molecule has 0 saturated heterocycles. The van der Waals surface area contributed by atoms with Crippen LogP contribution in [0.5, 0.6) is 11.5 Å². The Balaban J connectivity index is 2.55. The number of carbonyl (C=O) groups excluding carboxylic acids is 2. The molecular weight excluding hydrogens is 483 g/mol. The average Bonchev–Trinajstić information content (AvgIpc) is 2.84. The topological polar surface area (TPSA) is 114 Å². The van der Waals surface area contributed by atoms with Crippen LogP contribution in [-0.2, 0) is 19.1 Å². The third-order valence-electron chi connectivity index (χ3n) is 5.46. The molecule has 0 spiro atoms. The van der Waals surface area contributed by atoms with E-state index in [1.54, 1.807) is 25.3 Å². The van der Waals surface area contributed by atoms with Crippen molar-refractivity contribution in [1.29, 1.82) is 0 Å². The number of ether oxygens (including phenoxy) is 4. The lowest BCUT2D eigenvalue weighted by atomic mass is 9.88. The summed E-state index contributed by atoms with van der Waals surface area (Å²) in [6.07, 6.45) is 0.730. The van der Waals surface area contributed by atoms with Crippen LogP contribution in [0.4, 0.5) is 4.39 Å². The highest BCUT2D eigenvalue weighted by Crippen LogP contribution is 2.45. The molecular formula is C28H34FO8-. The smallest absolute Gasteiger partial charge is 0.169 e. The summed E-state index contributed by atoms with van der Waals surface area (Å²) >= 11 is 0. The van der Waals surface area contributed by atoms with Crippen molar-refractivity contribution in [1.82, 2.24) is 0 Å². The number of aliphatic carboxylic acids is 1. The molecule has 0 heterocycles. The summed E-state index contributed by atoms with van der Waals surface area (Å²) < 4.78 is 36.0. The molecule has 0 fully saturated rings. The van der Waals surface area contributed by atoms with Gasteiger partial charge in [0.25, 0.3) is 0 Å². The van der Waals surface area contributed by atoms with Crippen molar-refractivity contribution in [2.75, 3.05) is 40.6 Å². The molecule has 8 nitrogen and oxygen atoms in total. The zero-order chi connectivity index (χ0) is 27.4. The number of aliphatic hydroxyl groups is 1. The first-order valence-corrected chi connectivity index (χ1v) is 12.0. The molecule has 0 aliphatic rings. The molecule has 2 aromatic carbocycles. The van der Waals surface area contributed by atoms with Crippen LogP contribution in [0, 0.1) is 5.82 Å². The van der Waals surface area contributed by atoms with Crippen molar-refractivity contribution in [2.24, 2.45) is 0 Å². The van der Waals surface area contributed by atoms with Gasteiger partial charge in [-0.3, -0.25) is 4.79 Å². The van der Waals surface area contributed by atoms with E-state index < -0.39 is 30.1 Å². The molecule has 202 valence electrons. The highest BCUT2D eigenvalue weighted by molar-refractivity contribution is 5.94. The number of Topliss-reactive ketones (excluding diaryl/α,β-unsaturated/α-hetero) is 1. The average molecular weight is 518 g/mol. The number of carboxylic acids is 1. The number of ketones is 1. The number of benzene rings is 2. The van der Waals surface area contributed by atoms with Gasteiger partial charge >= 0.3 is 0 Å². The number of halogens is 1. The molecule has 37 heavy (non-hydrogen) atoms. The summed E-state index contributed by atoms with van der Waals surface area (Å²) in [6.45, 7) is 5.35. The van der Waals surface area contributed by atoms with E-state index in [1.165, 1.54) is 25.3 Å². The second kappa shape index (κ2) is 15.1. The second-order valence-electron chi connectivity index (χ2n) is 8.62. The lowest BCUT2D eigenvalue weighted by Gasteiger charge is -2.22. The first-order chi connectivity index (χ1) is 17.7. The maximum Gasteiger partial charge on any atom is 0.169 e. The standard InChI is InChI=1S/C28H35FO8/c1-18(2)24-17-25(35-4)28(37-14-13-36-12-11-34-3)27(19-5-7-20(29)8-6-19)23(24)10-9-21(30)15-22(31)16-26(32)33/h5-10,17-18,21,30H,11-16H2,1-4H3,(H,32,33)/p-1/b10-9+. The van der Waals surface area contributed by atoms with E-state index in [0.29, 0.717) is 48.0 Å². The molecule has 0 amide bonds. The van der Waals surface area contributed by atoms with Crippen LogP contribution < -0.4 is 14.6 Å². The zero-order valence-electron chi connectivity index (χ0n) is 21.6. The molecule has 0 bridgehead atoms. The molecule has 2 rings (SSSR count). The Kier molecular flexibility index (Phi) is 12.2. The Morgan fingerprint density at radius 3 is 2.35 bits per heavy atom. The fourth-order valence-electron chi connectivity index (χ4n) is 3.72. The van der Waals surface area contributed by atoms with Crippen LogP contribution >= 0.6 is 0 Å². The fraction of sp³-hybridized carbons (Fsp3) is 0.429. The summed E-state index contributed by atoms with van der Waals surface area (Å²) in [5, 5.41) is 21.1. The fourth-order valence-corrected chi connectivity index (χ4v) is 3.72. The third kappa shape index (κ3) is 9.27. The van der Waals surface area contributed by atoms with E-state index in [2.05, 4.69) is 0 Å². The van der Waals surface area contributed by atoms with Crippen molar-refractivity contribution in [3.63, 3.8) is 0 Å². The van der Waals surface area contributed by atoms with Gasteiger partial charge in [-0.25, -0.2) is 4.39 Å². The summed E-state index contributed by atoms with van der Waals surface area (Å²) in [5.74, 6) is -1.63. The summed E-state index contributed by atoms with van der Waals surface area (Å²) in [7, 11) is 3.11. The van der Waals surface area contributed by atoms with E-state index >= 15 is 0 Å². The predicted molar refractivity (Wildman–Crippen MR) is 135 cm³/mol. The minimum absolute atomic E-state index is 0.0241. The second-order valence-corrected chi connectivity index (χ2v) is 8.62. The van der Waals surface area contributed by atoms with E-state index in [4.69, 9.17) is 18.9 Å². The Bertz CT molecular complexity index is 1060. The summed E-state index contributed by atoms with van der Waals surface area (Å²) in [6, 6.07) is 7.75. The number of methoxy groups -OCH3 is 2. The van der Waals surface area contributed by atoms with Crippen LogP contribution in [0.3, 0.4) is 0 Å². The van der Waals surface area contributed by atoms with Crippen molar-refractivity contribution >= 4 is 17.8 Å². The maximum atomic E-state index is 13.8. The number of aliphatic hydroxyl groups excluding tert-OH is 1. The molecule has 0 aliphatic carbocycles. The van der Waals surface area contributed by atoms with Crippen molar-refractivity contribution < 1.29 is 43.1 Å². The number of carboxylic acid groups (broad SMARTS) is 1. The monoisotopic (exact) mass is 517 g/mol. The molecule has 0 saturated carbocycles. The summed E-state index contributed by atoms with van der Waals surface area (Å²) in [4.78, 5) is 22.5. The largest absolute Gasteiger partial charge is 0.550 e. The number of carbonyl (C=O) groups is 2. The van der Waals surface area contributed by atoms with E-state index in [9.17, 15) is 24.2 Å². The van der Waals surface area contributed by atoms with Gasteiger partial charge in [-0.05, 0) is 40.8 Å². The van der Waals surface area contributed by atoms with E-state index in [0.717, 1.165) is 5.56 Å². The molecule has 2 aromatic rings. The first-order valence-electron chi connectivity index (χ1n) is 12.0. The van der Waals surface area contributed by atoms with Crippen LogP contribution in [-0.4, -0.2) is 63.6 Å². The van der Waals surface area contributed by atoms with Crippen molar-refractivity contribution in [2.45, 2.75) is 38.7 Å². The lowest BCUT2D eigenvalue weighted by Crippen LogP contribution is -2.26.